The Bertz CT molecular complexity index is 433. The molecule has 1 aromatic rings. The second-order valence-electron chi connectivity index (χ2n) is 6.09. The Kier molecular flexibility index (Phi) is 5.91. The predicted octanol–water partition coefficient (Wildman–Crippen LogP) is 4.57. The van der Waals surface area contributed by atoms with Crippen LogP contribution in [0.5, 0.6) is 0 Å². The molecule has 20 heavy (non-hydrogen) atoms. The van der Waals surface area contributed by atoms with Crippen LogP contribution >= 0.6 is 15.9 Å². The summed E-state index contributed by atoms with van der Waals surface area (Å²) in [4.78, 5) is 2.51. The second kappa shape index (κ2) is 7.46. The normalized spacial score (nSPS) is 22.8. The molecular formula is C17H27BrN2. The zero-order valence-corrected chi connectivity index (χ0v) is 14.5. The molecule has 112 valence electrons. The summed E-state index contributed by atoms with van der Waals surface area (Å²) in [5.74, 6) is 0.865. The van der Waals surface area contributed by atoms with Gasteiger partial charge >= 0.3 is 0 Å². The quantitative estimate of drug-likeness (QED) is 0.845. The summed E-state index contributed by atoms with van der Waals surface area (Å²) in [7, 11) is 2.27. The van der Waals surface area contributed by atoms with E-state index in [1.54, 1.807) is 0 Å². The van der Waals surface area contributed by atoms with E-state index in [0.29, 0.717) is 6.04 Å². The number of halogens is 1. The molecule has 0 amide bonds. The molecule has 2 nitrogen and oxygen atoms in total. The highest BCUT2D eigenvalue weighted by Gasteiger charge is 2.23. The van der Waals surface area contributed by atoms with Crippen molar-refractivity contribution in [3.63, 3.8) is 0 Å². The molecule has 0 radical (unpaired) electrons. The first kappa shape index (κ1) is 15.8. The maximum absolute atomic E-state index is 3.60. The Balaban J connectivity index is 2.17. The summed E-state index contributed by atoms with van der Waals surface area (Å²) < 4.78 is 1.17. The predicted molar refractivity (Wildman–Crippen MR) is 91.3 cm³/mol. The SMILES string of the molecule is CCNCc1cc(Br)ccc1N(C)C1CCCC(C)C1. The van der Waals surface area contributed by atoms with Crippen LogP contribution in [0.25, 0.3) is 0 Å². The van der Waals surface area contributed by atoms with Gasteiger partial charge in [-0.05, 0) is 49.1 Å². The van der Waals surface area contributed by atoms with Gasteiger partial charge in [0.25, 0.3) is 0 Å². The van der Waals surface area contributed by atoms with Crippen LogP contribution in [0.2, 0.25) is 0 Å². The molecule has 2 rings (SSSR count). The topological polar surface area (TPSA) is 15.3 Å². The molecule has 1 N–H and O–H groups in total. The van der Waals surface area contributed by atoms with E-state index < -0.39 is 0 Å². The lowest BCUT2D eigenvalue weighted by molar-refractivity contribution is 0.336. The van der Waals surface area contributed by atoms with Crippen molar-refractivity contribution >= 4 is 21.6 Å². The van der Waals surface area contributed by atoms with E-state index in [1.807, 2.05) is 0 Å². The molecule has 1 aromatic carbocycles. The molecule has 0 spiro atoms. The molecule has 0 aliphatic heterocycles. The van der Waals surface area contributed by atoms with Gasteiger partial charge in [-0.25, -0.2) is 0 Å². The molecule has 3 heteroatoms. The Labute approximate surface area is 132 Å². The van der Waals surface area contributed by atoms with Crippen LogP contribution in [0.15, 0.2) is 22.7 Å². The van der Waals surface area contributed by atoms with Crippen LogP contribution < -0.4 is 10.2 Å². The van der Waals surface area contributed by atoms with E-state index in [-0.39, 0.29) is 0 Å². The molecule has 1 aliphatic rings. The molecule has 1 fully saturated rings. The molecule has 0 heterocycles. The standard InChI is InChI=1S/C17H27BrN2/c1-4-19-12-14-11-15(18)8-9-17(14)20(3)16-7-5-6-13(2)10-16/h8-9,11,13,16,19H,4-7,10,12H2,1-3H3. The molecule has 0 saturated heterocycles. The largest absolute Gasteiger partial charge is 0.371 e. The lowest BCUT2D eigenvalue weighted by Gasteiger charge is -2.36. The van der Waals surface area contributed by atoms with Crippen LogP contribution in [0.4, 0.5) is 5.69 Å². The average Bonchev–Trinajstić information content (AvgIpc) is 2.44. The van der Waals surface area contributed by atoms with Crippen molar-refractivity contribution in [1.29, 1.82) is 0 Å². The van der Waals surface area contributed by atoms with E-state index in [1.165, 1.54) is 41.4 Å². The van der Waals surface area contributed by atoms with Crippen LogP contribution in [0, 0.1) is 5.92 Å². The van der Waals surface area contributed by atoms with Crippen molar-refractivity contribution in [3.8, 4) is 0 Å². The highest BCUT2D eigenvalue weighted by molar-refractivity contribution is 9.10. The number of hydrogen-bond acceptors (Lipinski definition) is 2. The Morgan fingerprint density at radius 3 is 2.85 bits per heavy atom. The Morgan fingerprint density at radius 2 is 2.15 bits per heavy atom. The van der Waals surface area contributed by atoms with Gasteiger partial charge in [0.15, 0.2) is 0 Å². The number of nitrogens with zero attached hydrogens (tertiary/aromatic N) is 1. The molecule has 0 bridgehead atoms. The van der Waals surface area contributed by atoms with Crippen molar-refractivity contribution in [1.82, 2.24) is 5.32 Å². The maximum Gasteiger partial charge on any atom is 0.0412 e. The summed E-state index contributed by atoms with van der Waals surface area (Å²) in [6.07, 6.45) is 5.43. The zero-order valence-electron chi connectivity index (χ0n) is 13.0. The van der Waals surface area contributed by atoms with Gasteiger partial charge in [0.2, 0.25) is 0 Å². The zero-order chi connectivity index (χ0) is 14.5. The fourth-order valence-corrected chi connectivity index (χ4v) is 3.66. The van der Waals surface area contributed by atoms with Gasteiger partial charge in [-0.3, -0.25) is 0 Å². The van der Waals surface area contributed by atoms with Crippen LogP contribution in [0.3, 0.4) is 0 Å². The first-order valence-electron chi connectivity index (χ1n) is 7.83. The van der Waals surface area contributed by atoms with E-state index in [9.17, 15) is 0 Å². The average molecular weight is 339 g/mol. The Morgan fingerprint density at radius 1 is 1.35 bits per heavy atom. The first-order valence-corrected chi connectivity index (χ1v) is 8.63. The fraction of sp³-hybridized carbons (Fsp3) is 0.647. The van der Waals surface area contributed by atoms with Gasteiger partial charge in [0, 0.05) is 29.8 Å². The number of benzene rings is 1. The minimum absolute atomic E-state index is 0.695. The highest BCUT2D eigenvalue weighted by atomic mass is 79.9. The van der Waals surface area contributed by atoms with Crippen molar-refractivity contribution in [3.05, 3.63) is 28.2 Å². The van der Waals surface area contributed by atoms with Crippen molar-refractivity contribution in [2.24, 2.45) is 5.92 Å². The second-order valence-corrected chi connectivity index (χ2v) is 7.01. The maximum atomic E-state index is 3.60. The van der Waals surface area contributed by atoms with Crippen LogP contribution in [-0.4, -0.2) is 19.6 Å². The molecule has 1 saturated carbocycles. The summed E-state index contributed by atoms with van der Waals surface area (Å²) >= 11 is 3.60. The van der Waals surface area contributed by atoms with E-state index in [2.05, 4.69) is 65.2 Å². The summed E-state index contributed by atoms with van der Waals surface area (Å²) in [5, 5.41) is 3.45. The number of rotatable bonds is 5. The molecular weight excluding hydrogens is 312 g/mol. The summed E-state index contributed by atoms with van der Waals surface area (Å²) in [6, 6.07) is 7.37. The summed E-state index contributed by atoms with van der Waals surface area (Å²) in [5.41, 5.74) is 2.77. The third-order valence-electron chi connectivity index (χ3n) is 4.44. The minimum Gasteiger partial charge on any atom is -0.371 e. The lowest BCUT2D eigenvalue weighted by Crippen LogP contribution is -2.36. The van der Waals surface area contributed by atoms with E-state index >= 15 is 0 Å². The van der Waals surface area contributed by atoms with Crippen LogP contribution in [-0.2, 0) is 6.54 Å². The lowest BCUT2D eigenvalue weighted by atomic mass is 9.86. The minimum atomic E-state index is 0.695. The van der Waals surface area contributed by atoms with Crippen LogP contribution in [0.1, 0.15) is 45.1 Å². The van der Waals surface area contributed by atoms with Crippen molar-refractivity contribution in [2.45, 2.75) is 52.1 Å². The van der Waals surface area contributed by atoms with Gasteiger partial charge < -0.3 is 10.2 Å². The van der Waals surface area contributed by atoms with Crippen molar-refractivity contribution in [2.75, 3.05) is 18.5 Å². The molecule has 0 aromatic heterocycles. The van der Waals surface area contributed by atoms with E-state index in [4.69, 9.17) is 0 Å². The third kappa shape index (κ3) is 3.98. The fourth-order valence-electron chi connectivity index (χ4n) is 3.25. The van der Waals surface area contributed by atoms with Crippen molar-refractivity contribution < 1.29 is 0 Å². The van der Waals surface area contributed by atoms with Gasteiger partial charge in [-0.15, -0.1) is 0 Å². The number of anilines is 1. The summed E-state index contributed by atoms with van der Waals surface area (Å²) in [6.45, 7) is 6.50. The molecule has 2 atom stereocenters. The molecule has 1 aliphatic carbocycles. The van der Waals surface area contributed by atoms with Gasteiger partial charge in [0.05, 0.1) is 0 Å². The highest BCUT2D eigenvalue weighted by Crippen LogP contribution is 2.32. The smallest absolute Gasteiger partial charge is 0.0412 e. The third-order valence-corrected chi connectivity index (χ3v) is 4.94. The van der Waals surface area contributed by atoms with Gasteiger partial charge in [-0.1, -0.05) is 42.6 Å². The number of hydrogen-bond donors (Lipinski definition) is 1. The van der Waals surface area contributed by atoms with Gasteiger partial charge in [0.1, 0.15) is 0 Å². The van der Waals surface area contributed by atoms with Gasteiger partial charge in [-0.2, -0.15) is 0 Å². The monoisotopic (exact) mass is 338 g/mol. The van der Waals surface area contributed by atoms with E-state index in [0.717, 1.165) is 19.0 Å². The Hall–Kier alpha value is -0.540. The number of nitrogens with one attached hydrogen (secondary N) is 1. The first-order chi connectivity index (χ1) is 9.61. The molecule has 2 unspecified atom stereocenters.